The zero-order valence-electron chi connectivity index (χ0n) is 16.8. The number of hydrogen-bond donors (Lipinski definition) is 1. The van der Waals surface area contributed by atoms with E-state index in [1.807, 2.05) is 12.1 Å². The highest BCUT2D eigenvalue weighted by Gasteiger charge is 2.25. The lowest BCUT2D eigenvalue weighted by Crippen LogP contribution is -2.43. The number of hydrogen-bond acceptors (Lipinski definition) is 4. The molecule has 2 aliphatic rings. The van der Waals surface area contributed by atoms with Crippen LogP contribution in [-0.4, -0.2) is 37.6 Å². The van der Waals surface area contributed by atoms with Crippen LogP contribution in [0.1, 0.15) is 48.4 Å². The monoisotopic (exact) mass is 374 g/mol. The minimum Gasteiger partial charge on any atom is -0.374 e. The highest BCUT2D eigenvalue weighted by Crippen LogP contribution is 2.33. The van der Waals surface area contributed by atoms with E-state index in [0.717, 1.165) is 31.7 Å². The fourth-order valence-corrected chi connectivity index (χ4v) is 4.60. The second kappa shape index (κ2) is 8.77. The molecule has 1 unspecified atom stereocenters. The van der Waals surface area contributed by atoms with Gasteiger partial charge in [0.05, 0.1) is 11.6 Å². The van der Waals surface area contributed by atoms with Crippen molar-refractivity contribution in [3.8, 4) is 6.07 Å². The highest BCUT2D eigenvalue weighted by atomic mass is 15.1. The molecule has 146 valence electrons. The second-order valence-electron chi connectivity index (χ2n) is 8.20. The lowest BCUT2D eigenvalue weighted by molar-refractivity contribution is 0.183. The van der Waals surface area contributed by atoms with Crippen LogP contribution >= 0.6 is 0 Å². The SMILES string of the molecule is CN1CCCC(NC2CCN(Cc3ccc(C#N)cc3)CC2)c2ccccc21. The Morgan fingerprint density at radius 1 is 1.00 bits per heavy atom. The number of para-hydroxylation sites is 1. The van der Waals surface area contributed by atoms with Crippen LogP contribution in [0.4, 0.5) is 5.69 Å². The van der Waals surface area contributed by atoms with E-state index in [-0.39, 0.29) is 0 Å². The summed E-state index contributed by atoms with van der Waals surface area (Å²) in [4.78, 5) is 4.94. The molecular formula is C24H30N4. The molecule has 2 aromatic carbocycles. The molecule has 2 aliphatic heterocycles. The normalized spacial score (nSPS) is 21.0. The van der Waals surface area contributed by atoms with Crippen LogP contribution in [0.3, 0.4) is 0 Å². The molecule has 1 N–H and O–H groups in total. The van der Waals surface area contributed by atoms with Gasteiger partial charge < -0.3 is 10.2 Å². The molecule has 4 nitrogen and oxygen atoms in total. The van der Waals surface area contributed by atoms with Gasteiger partial charge in [0.2, 0.25) is 0 Å². The summed E-state index contributed by atoms with van der Waals surface area (Å²) in [6.07, 6.45) is 4.85. The maximum atomic E-state index is 8.94. The van der Waals surface area contributed by atoms with E-state index in [4.69, 9.17) is 5.26 Å². The fraction of sp³-hybridized carbons (Fsp3) is 0.458. The number of benzene rings is 2. The third-order valence-electron chi connectivity index (χ3n) is 6.22. The van der Waals surface area contributed by atoms with Crippen LogP contribution in [0.15, 0.2) is 48.5 Å². The Balaban J connectivity index is 1.33. The van der Waals surface area contributed by atoms with Gasteiger partial charge in [0.15, 0.2) is 0 Å². The summed E-state index contributed by atoms with van der Waals surface area (Å²) in [7, 11) is 2.21. The van der Waals surface area contributed by atoms with Crippen molar-refractivity contribution in [2.45, 2.75) is 44.3 Å². The molecule has 0 aromatic heterocycles. The number of nitrogens with one attached hydrogen (secondary N) is 1. The average molecular weight is 375 g/mol. The number of piperidine rings is 1. The Labute approximate surface area is 168 Å². The number of fused-ring (bicyclic) bond motifs is 1. The Bertz CT molecular complexity index is 815. The Hall–Kier alpha value is -2.35. The van der Waals surface area contributed by atoms with Crippen LogP contribution in [-0.2, 0) is 6.54 Å². The summed E-state index contributed by atoms with van der Waals surface area (Å²) in [5.74, 6) is 0. The van der Waals surface area contributed by atoms with E-state index in [1.54, 1.807) is 0 Å². The molecule has 0 spiro atoms. The van der Waals surface area contributed by atoms with Crippen molar-refractivity contribution in [2.75, 3.05) is 31.6 Å². The van der Waals surface area contributed by atoms with Crippen molar-refractivity contribution in [2.24, 2.45) is 0 Å². The molecule has 0 amide bonds. The fourth-order valence-electron chi connectivity index (χ4n) is 4.60. The van der Waals surface area contributed by atoms with Crippen molar-refractivity contribution in [1.82, 2.24) is 10.2 Å². The quantitative estimate of drug-likeness (QED) is 0.875. The predicted molar refractivity (Wildman–Crippen MR) is 114 cm³/mol. The standard InChI is InChI=1S/C24H30N4/c1-27-14-4-6-23(22-5-2-3-7-24(22)27)26-21-12-15-28(16-13-21)18-20-10-8-19(17-25)9-11-20/h2-3,5,7-11,21,23,26H,4,6,12-16,18H2,1H3. The van der Waals surface area contributed by atoms with Crippen LogP contribution in [0.5, 0.6) is 0 Å². The third kappa shape index (κ3) is 4.38. The van der Waals surface area contributed by atoms with Gasteiger partial charge in [0.25, 0.3) is 0 Å². The Morgan fingerprint density at radius 3 is 2.50 bits per heavy atom. The molecule has 4 heteroatoms. The summed E-state index contributed by atoms with van der Waals surface area (Å²) in [6, 6.07) is 20.2. The van der Waals surface area contributed by atoms with Crippen molar-refractivity contribution in [3.05, 3.63) is 65.2 Å². The lowest BCUT2D eigenvalue weighted by atomic mass is 9.97. The van der Waals surface area contributed by atoms with E-state index < -0.39 is 0 Å². The summed E-state index contributed by atoms with van der Waals surface area (Å²) in [5, 5.41) is 12.9. The number of anilines is 1. The summed E-state index contributed by atoms with van der Waals surface area (Å²) in [6.45, 7) is 4.38. The van der Waals surface area contributed by atoms with Crippen molar-refractivity contribution in [1.29, 1.82) is 5.26 Å². The minimum atomic E-state index is 0.469. The van der Waals surface area contributed by atoms with Crippen LogP contribution < -0.4 is 10.2 Å². The molecule has 1 atom stereocenters. The first kappa shape index (κ1) is 19.0. The molecule has 1 saturated heterocycles. The van der Waals surface area contributed by atoms with Gasteiger partial charge in [0, 0.05) is 37.9 Å². The van der Waals surface area contributed by atoms with Crippen molar-refractivity contribution >= 4 is 5.69 Å². The summed E-state index contributed by atoms with van der Waals surface area (Å²) >= 11 is 0. The Morgan fingerprint density at radius 2 is 1.75 bits per heavy atom. The lowest BCUT2D eigenvalue weighted by Gasteiger charge is -2.35. The van der Waals surface area contributed by atoms with E-state index in [2.05, 4.69) is 64.6 Å². The van der Waals surface area contributed by atoms with Gasteiger partial charge in [-0.05, 0) is 68.1 Å². The Kier molecular flexibility index (Phi) is 5.95. The van der Waals surface area contributed by atoms with E-state index >= 15 is 0 Å². The van der Waals surface area contributed by atoms with Gasteiger partial charge in [0.1, 0.15) is 0 Å². The zero-order chi connectivity index (χ0) is 19.3. The van der Waals surface area contributed by atoms with E-state index in [9.17, 15) is 0 Å². The second-order valence-corrected chi connectivity index (χ2v) is 8.20. The first-order valence-corrected chi connectivity index (χ1v) is 10.5. The molecule has 0 aliphatic carbocycles. The number of likely N-dealkylation sites (tertiary alicyclic amines) is 1. The van der Waals surface area contributed by atoms with Gasteiger partial charge in [-0.25, -0.2) is 0 Å². The highest BCUT2D eigenvalue weighted by molar-refractivity contribution is 5.55. The molecular weight excluding hydrogens is 344 g/mol. The summed E-state index contributed by atoms with van der Waals surface area (Å²) < 4.78 is 0. The molecule has 2 aromatic rings. The molecule has 0 radical (unpaired) electrons. The molecule has 28 heavy (non-hydrogen) atoms. The maximum Gasteiger partial charge on any atom is 0.0991 e. The zero-order valence-corrected chi connectivity index (χ0v) is 16.8. The molecule has 1 fully saturated rings. The molecule has 4 rings (SSSR count). The van der Waals surface area contributed by atoms with Gasteiger partial charge >= 0.3 is 0 Å². The number of rotatable bonds is 4. The van der Waals surface area contributed by atoms with Gasteiger partial charge in [-0.15, -0.1) is 0 Å². The first-order chi connectivity index (χ1) is 13.7. The van der Waals surface area contributed by atoms with Gasteiger partial charge in [-0.2, -0.15) is 5.26 Å². The first-order valence-electron chi connectivity index (χ1n) is 10.5. The molecule has 0 saturated carbocycles. The van der Waals surface area contributed by atoms with Crippen LogP contribution in [0, 0.1) is 11.3 Å². The topological polar surface area (TPSA) is 42.3 Å². The average Bonchev–Trinajstić information content (AvgIpc) is 2.89. The maximum absolute atomic E-state index is 8.94. The molecule has 0 bridgehead atoms. The largest absolute Gasteiger partial charge is 0.374 e. The number of nitriles is 1. The summed E-state index contributed by atoms with van der Waals surface area (Å²) in [5.41, 5.74) is 4.88. The third-order valence-corrected chi connectivity index (χ3v) is 6.22. The number of nitrogens with zero attached hydrogens (tertiary/aromatic N) is 3. The molecule has 2 heterocycles. The smallest absolute Gasteiger partial charge is 0.0991 e. The minimum absolute atomic E-state index is 0.469. The van der Waals surface area contributed by atoms with Gasteiger partial charge in [-0.1, -0.05) is 30.3 Å². The van der Waals surface area contributed by atoms with Crippen LogP contribution in [0.2, 0.25) is 0 Å². The van der Waals surface area contributed by atoms with Crippen molar-refractivity contribution in [3.63, 3.8) is 0 Å². The predicted octanol–water partition coefficient (Wildman–Crippen LogP) is 4.08. The van der Waals surface area contributed by atoms with E-state index in [0.29, 0.717) is 12.1 Å². The van der Waals surface area contributed by atoms with E-state index in [1.165, 1.54) is 42.5 Å². The van der Waals surface area contributed by atoms with Gasteiger partial charge in [-0.3, -0.25) is 4.90 Å². The van der Waals surface area contributed by atoms with Crippen molar-refractivity contribution < 1.29 is 0 Å². The van der Waals surface area contributed by atoms with Crippen LogP contribution in [0.25, 0.3) is 0 Å².